The number of nitrogens with one attached hydrogen (secondary N) is 1. The Morgan fingerprint density at radius 2 is 1.89 bits per heavy atom. The summed E-state index contributed by atoms with van der Waals surface area (Å²) in [6.45, 7) is 2.32. The molecule has 1 aliphatic heterocycles. The van der Waals surface area contributed by atoms with Crippen molar-refractivity contribution in [2.24, 2.45) is 0 Å². The second-order valence-electron chi connectivity index (χ2n) is 4.46. The van der Waals surface area contributed by atoms with Gasteiger partial charge in [-0.2, -0.15) is 13.2 Å². The Bertz CT molecular complexity index is 584. The van der Waals surface area contributed by atoms with E-state index >= 15 is 0 Å². The van der Waals surface area contributed by atoms with Crippen molar-refractivity contribution in [2.75, 3.05) is 6.54 Å². The molecule has 1 aromatic heterocycles. The standard InChI is InChI=1S/C13H12F3N3/c14-13(15,16)10-3-1-9(2-4-10)11-7-18-12-8-17-5-6-19(11)12/h1-4,7,17H,5-6,8H2. The van der Waals surface area contributed by atoms with E-state index < -0.39 is 11.7 Å². The van der Waals surface area contributed by atoms with Crippen molar-refractivity contribution in [2.45, 2.75) is 19.3 Å². The maximum absolute atomic E-state index is 12.5. The summed E-state index contributed by atoms with van der Waals surface area (Å²) >= 11 is 0. The first-order valence-electron chi connectivity index (χ1n) is 5.98. The fourth-order valence-corrected chi connectivity index (χ4v) is 2.26. The lowest BCUT2D eigenvalue weighted by Crippen LogP contribution is -2.28. The van der Waals surface area contributed by atoms with Crippen LogP contribution in [0, 0.1) is 0 Å². The van der Waals surface area contributed by atoms with Gasteiger partial charge in [0.1, 0.15) is 5.82 Å². The Morgan fingerprint density at radius 3 is 2.58 bits per heavy atom. The fraction of sp³-hybridized carbons (Fsp3) is 0.308. The number of hydrogen-bond acceptors (Lipinski definition) is 2. The van der Waals surface area contributed by atoms with E-state index in [1.165, 1.54) is 12.1 Å². The number of aromatic nitrogens is 2. The van der Waals surface area contributed by atoms with Crippen LogP contribution in [0.4, 0.5) is 13.2 Å². The molecule has 1 aromatic carbocycles. The number of fused-ring (bicyclic) bond motifs is 1. The van der Waals surface area contributed by atoms with Gasteiger partial charge in [0.25, 0.3) is 0 Å². The molecule has 0 atom stereocenters. The molecular weight excluding hydrogens is 255 g/mol. The summed E-state index contributed by atoms with van der Waals surface area (Å²) < 4.78 is 39.6. The zero-order chi connectivity index (χ0) is 13.5. The molecule has 0 aliphatic carbocycles. The molecule has 0 fully saturated rings. The van der Waals surface area contributed by atoms with Crippen molar-refractivity contribution in [3.05, 3.63) is 41.9 Å². The lowest BCUT2D eigenvalue weighted by atomic mass is 10.1. The highest BCUT2D eigenvalue weighted by Crippen LogP contribution is 2.31. The molecule has 0 saturated heterocycles. The molecule has 3 rings (SSSR count). The Labute approximate surface area is 108 Å². The van der Waals surface area contributed by atoms with Crippen molar-refractivity contribution >= 4 is 0 Å². The summed E-state index contributed by atoms with van der Waals surface area (Å²) in [6.07, 6.45) is -2.58. The predicted octanol–water partition coefficient (Wildman–Crippen LogP) is 2.67. The summed E-state index contributed by atoms with van der Waals surface area (Å²) in [6, 6.07) is 5.21. The van der Waals surface area contributed by atoms with Crippen LogP contribution in [0.25, 0.3) is 11.3 Å². The molecular formula is C13H12F3N3. The Hall–Kier alpha value is -1.82. The van der Waals surface area contributed by atoms with Gasteiger partial charge >= 0.3 is 6.18 Å². The molecule has 0 saturated carbocycles. The normalized spacial score (nSPS) is 15.3. The molecule has 0 amide bonds. The SMILES string of the molecule is FC(F)(F)c1ccc(-c2cnc3n2CCNC3)cc1. The minimum Gasteiger partial charge on any atom is -0.326 e. The quantitative estimate of drug-likeness (QED) is 0.861. The van der Waals surface area contributed by atoms with Gasteiger partial charge in [-0.3, -0.25) is 0 Å². The summed E-state index contributed by atoms with van der Waals surface area (Å²) in [5.41, 5.74) is 0.996. The van der Waals surface area contributed by atoms with E-state index in [4.69, 9.17) is 0 Å². The summed E-state index contributed by atoms with van der Waals surface area (Å²) in [5.74, 6) is 0.918. The third-order valence-corrected chi connectivity index (χ3v) is 3.24. The Morgan fingerprint density at radius 1 is 1.16 bits per heavy atom. The molecule has 0 bridgehead atoms. The van der Waals surface area contributed by atoms with Gasteiger partial charge < -0.3 is 9.88 Å². The van der Waals surface area contributed by atoms with Gasteiger partial charge in [0, 0.05) is 13.1 Å². The summed E-state index contributed by atoms with van der Waals surface area (Å²) in [7, 11) is 0. The first kappa shape index (κ1) is 12.2. The third kappa shape index (κ3) is 2.23. The number of halogens is 3. The van der Waals surface area contributed by atoms with E-state index in [0.29, 0.717) is 6.54 Å². The average Bonchev–Trinajstić information content (AvgIpc) is 2.82. The van der Waals surface area contributed by atoms with Crippen molar-refractivity contribution in [3.8, 4) is 11.3 Å². The molecule has 0 spiro atoms. The van der Waals surface area contributed by atoms with E-state index in [0.717, 1.165) is 42.3 Å². The van der Waals surface area contributed by atoms with E-state index in [9.17, 15) is 13.2 Å². The molecule has 3 nitrogen and oxygen atoms in total. The Kier molecular flexibility index (Phi) is 2.82. The third-order valence-electron chi connectivity index (χ3n) is 3.24. The van der Waals surface area contributed by atoms with Gasteiger partial charge in [0.05, 0.1) is 24.0 Å². The van der Waals surface area contributed by atoms with Gasteiger partial charge in [0.2, 0.25) is 0 Å². The van der Waals surface area contributed by atoms with Crippen molar-refractivity contribution < 1.29 is 13.2 Å². The monoisotopic (exact) mass is 267 g/mol. The highest BCUT2D eigenvalue weighted by molar-refractivity contribution is 5.60. The molecule has 2 heterocycles. The highest BCUT2D eigenvalue weighted by atomic mass is 19.4. The van der Waals surface area contributed by atoms with Crippen molar-refractivity contribution in [3.63, 3.8) is 0 Å². The van der Waals surface area contributed by atoms with Gasteiger partial charge in [-0.15, -0.1) is 0 Å². The number of benzene rings is 1. The van der Waals surface area contributed by atoms with E-state index in [2.05, 4.69) is 10.3 Å². The van der Waals surface area contributed by atoms with E-state index in [-0.39, 0.29) is 0 Å². The minimum absolute atomic E-state index is 0.628. The molecule has 100 valence electrons. The first-order chi connectivity index (χ1) is 9.05. The molecule has 1 aliphatic rings. The fourth-order valence-electron chi connectivity index (χ4n) is 2.26. The smallest absolute Gasteiger partial charge is 0.326 e. The molecule has 6 heteroatoms. The van der Waals surface area contributed by atoms with Crippen LogP contribution in [0.5, 0.6) is 0 Å². The molecule has 1 N–H and O–H groups in total. The number of rotatable bonds is 1. The summed E-state index contributed by atoms with van der Waals surface area (Å²) in [5, 5.41) is 3.20. The summed E-state index contributed by atoms with van der Waals surface area (Å²) in [4.78, 5) is 4.28. The predicted molar refractivity (Wildman–Crippen MR) is 64.4 cm³/mol. The topological polar surface area (TPSA) is 29.9 Å². The van der Waals surface area contributed by atoms with Crippen LogP contribution in [0.1, 0.15) is 11.4 Å². The second kappa shape index (κ2) is 4.38. The van der Waals surface area contributed by atoms with Crippen LogP contribution >= 0.6 is 0 Å². The van der Waals surface area contributed by atoms with Gasteiger partial charge in [0.15, 0.2) is 0 Å². The lowest BCUT2D eigenvalue weighted by Gasteiger charge is -2.17. The van der Waals surface area contributed by atoms with Crippen LogP contribution in [-0.4, -0.2) is 16.1 Å². The van der Waals surface area contributed by atoms with E-state index in [1.54, 1.807) is 6.20 Å². The van der Waals surface area contributed by atoms with Crippen LogP contribution in [0.3, 0.4) is 0 Å². The van der Waals surface area contributed by atoms with Crippen molar-refractivity contribution in [1.82, 2.24) is 14.9 Å². The number of imidazole rings is 1. The second-order valence-corrected chi connectivity index (χ2v) is 4.46. The molecule has 2 aromatic rings. The maximum Gasteiger partial charge on any atom is 0.416 e. The zero-order valence-electron chi connectivity index (χ0n) is 10.0. The number of alkyl halides is 3. The van der Waals surface area contributed by atoms with E-state index in [1.807, 2.05) is 4.57 Å². The van der Waals surface area contributed by atoms with Gasteiger partial charge in [-0.1, -0.05) is 12.1 Å². The number of nitrogens with zero attached hydrogens (tertiary/aromatic N) is 2. The molecule has 19 heavy (non-hydrogen) atoms. The first-order valence-corrected chi connectivity index (χ1v) is 5.98. The lowest BCUT2D eigenvalue weighted by molar-refractivity contribution is -0.137. The highest BCUT2D eigenvalue weighted by Gasteiger charge is 2.30. The largest absolute Gasteiger partial charge is 0.416 e. The van der Waals surface area contributed by atoms with Crippen LogP contribution in [0.15, 0.2) is 30.5 Å². The maximum atomic E-state index is 12.5. The average molecular weight is 267 g/mol. The van der Waals surface area contributed by atoms with Gasteiger partial charge in [-0.25, -0.2) is 4.98 Å². The number of hydrogen-bond donors (Lipinski definition) is 1. The van der Waals surface area contributed by atoms with Crippen molar-refractivity contribution in [1.29, 1.82) is 0 Å². The van der Waals surface area contributed by atoms with Crippen LogP contribution in [0.2, 0.25) is 0 Å². The zero-order valence-corrected chi connectivity index (χ0v) is 10.0. The van der Waals surface area contributed by atoms with Crippen LogP contribution in [-0.2, 0) is 19.3 Å². The van der Waals surface area contributed by atoms with Crippen LogP contribution < -0.4 is 5.32 Å². The molecule has 0 radical (unpaired) electrons. The molecule has 0 unspecified atom stereocenters. The van der Waals surface area contributed by atoms with Gasteiger partial charge in [-0.05, 0) is 17.7 Å². The minimum atomic E-state index is -4.29. The Balaban J connectivity index is 1.97.